The number of nitrogens with two attached hydrogens (primary N) is 1. The average Bonchev–Trinajstić information content (AvgIpc) is 2.28. The fourth-order valence-electron chi connectivity index (χ4n) is 1.47. The monoisotopic (exact) mass is 248 g/mol. The van der Waals surface area contributed by atoms with Gasteiger partial charge in [0.2, 0.25) is 5.95 Å². The van der Waals surface area contributed by atoms with E-state index in [2.05, 4.69) is 21.4 Å². The van der Waals surface area contributed by atoms with Crippen molar-refractivity contribution >= 4 is 29.1 Å². The first kappa shape index (κ1) is 11.7. The number of nitrogens with one attached hydrogen (secondary N) is 1. The van der Waals surface area contributed by atoms with Crippen LogP contribution in [0.1, 0.15) is 11.1 Å². The van der Waals surface area contributed by atoms with Crippen LogP contribution in [0.5, 0.6) is 0 Å². The third-order valence-electron chi connectivity index (χ3n) is 2.41. The minimum absolute atomic E-state index is 0.196. The SMILES string of the molecule is Cc1ccc(C)c(Nc2nc(N)ncc2Cl)c1. The van der Waals surface area contributed by atoms with Crippen LogP contribution in [0.15, 0.2) is 24.4 Å². The number of rotatable bonds is 2. The Labute approximate surface area is 105 Å². The standard InChI is InChI=1S/C12H13ClN4/c1-7-3-4-8(2)10(5-7)16-11-9(13)6-15-12(14)17-11/h3-6H,1-2H3,(H3,14,15,16,17). The van der Waals surface area contributed by atoms with Gasteiger partial charge >= 0.3 is 0 Å². The predicted octanol–water partition coefficient (Wildman–Crippen LogP) is 3.07. The first-order chi connectivity index (χ1) is 8.06. The number of halogens is 1. The van der Waals surface area contributed by atoms with Gasteiger partial charge in [-0.3, -0.25) is 0 Å². The number of nitrogen functional groups attached to an aromatic ring is 1. The highest BCUT2D eigenvalue weighted by atomic mass is 35.5. The highest BCUT2D eigenvalue weighted by Crippen LogP contribution is 2.25. The van der Waals surface area contributed by atoms with E-state index in [4.69, 9.17) is 17.3 Å². The summed E-state index contributed by atoms with van der Waals surface area (Å²) in [5.74, 6) is 0.718. The Bertz CT molecular complexity index is 505. The zero-order chi connectivity index (χ0) is 12.4. The van der Waals surface area contributed by atoms with Crippen LogP contribution >= 0.6 is 11.6 Å². The maximum Gasteiger partial charge on any atom is 0.222 e. The van der Waals surface area contributed by atoms with Gasteiger partial charge in [-0.2, -0.15) is 4.98 Å². The summed E-state index contributed by atoms with van der Waals surface area (Å²) < 4.78 is 0. The number of aryl methyl sites for hydroxylation is 2. The molecule has 0 aliphatic heterocycles. The summed E-state index contributed by atoms with van der Waals surface area (Å²) in [7, 11) is 0. The third kappa shape index (κ3) is 2.65. The van der Waals surface area contributed by atoms with Crippen molar-refractivity contribution in [2.75, 3.05) is 11.1 Å². The van der Waals surface area contributed by atoms with Crippen molar-refractivity contribution in [2.24, 2.45) is 0 Å². The predicted molar refractivity (Wildman–Crippen MR) is 70.7 cm³/mol. The van der Waals surface area contributed by atoms with E-state index in [-0.39, 0.29) is 5.95 Å². The lowest BCUT2D eigenvalue weighted by molar-refractivity contribution is 1.18. The summed E-state index contributed by atoms with van der Waals surface area (Å²) in [5, 5.41) is 3.60. The molecule has 0 atom stereocenters. The molecule has 0 fully saturated rings. The minimum atomic E-state index is 0.196. The van der Waals surface area contributed by atoms with E-state index in [1.807, 2.05) is 26.0 Å². The first-order valence-corrected chi connectivity index (χ1v) is 5.56. The summed E-state index contributed by atoms with van der Waals surface area (Å²) in [5.41, 5.74) is 8.77. The van der Waals surface area contributed by atoms with Gasteiger partial charge in [0.15, 0.2) is 5.82 Å². The average molecular weight is 249 g/mol. The fraction of sp³-hybridized carbons (Fsp3) is 0.167. The lowest BCUT2D eigenvalue weighted by Crippen LogP contribution is -2.01. The quantitative estimate of drug-likeness (QED) is 0.857. The van der Waals surface area contributed by atoms with Gasteiger partial charge in [-0.1, -0.05) is 23.7 Å². The number of benzene rings is 1. The largest absolute Gasteiger partial charge is 0.368 e. The maximum atomic E-state index is 6.00. The van der Waals surface area contributed by atoms with E-state index in [1.54, 1.807) is 0 Å². The van der Waals surface area contributed by atoms with E-state index in [0.29, 0.717) is 10.8 Å². The Morgan fingerprint density at radius 3 is 2.82 bits per heavy atom. The topological polar surface area (TPSA) is 63.8 Å². The van der Waals surface area contributed by atoms with Crippen molar-refractivity contribution in [3.05, 3.63) is 40.5 Å². The van der Waals surface area contributed by atoms with Crippen LogP contribution < -0.4 is 11.1 Å². The molecule has 0 radical (unpaired) electrons. The summed E-state index contributed by atoms with van der Waals surface area (Å²) in [6, 6.07) is 6.12. The van der Waals surface area contributed by atoms with E-state index in [9.17, 15) is 0 Å². The fourth-order valence-corrected chi connectivity index (χ4v) is 1.60. The van der Waals surface area contributed by atoms with Crippen molar-refractivity contribution in [3.63, 3.8) is 0 Å². The normalized spacial score (nSPS) is 10.3. The van der Waals surface area contributed by atoms with Gasteiger partial charge in [-0.25, -0.2) is 4.98 Å². The van der Waals surface area contributed by atoms with Gasteiger partial charge < -0.3 is 11.1 Å². The first-order valence-electron chi connectivity index (χ1n) is 5.18. The Hall–Kier alpha value is -1.81. The second-order valence-electron chi connectivity index (χ2n) is 3.87. The van der Waals surface area contributed by atoms with Gasteiger partial charge in [0.05, 0.1) is 6.20 Å². The molecule has 0 amide bonds. The number of nitrogens with zero attached hydrogens (tertiary/aromatic N) is 2. The van der Waals surface area contributed by atoms with Gasteiger partial charge in [-0.15, -0.1) is 0 Å². The lowest BCUT2D eigenvalue weighted by atomic mass is 10.1. The summed E-state index contributed by atoms with van der Waals surface area (Å²) >= 11 is 6.00. The molecular weight excluding hydrogens is 236 g/mol. The Morgan fingerprint density at radius 1 is 1.29 bits per heavy atom. The van der Waals surface area contributed by atoms with E-state index >= 15 is 0 Å². The molecule has 0 aliphatic carbocycles. The van der Waals surface area contributed by atoms with Crippen LogP contribution in [-0.2, 0) is 0 Å². The molecule has 0 aliphatic rings. The Morgan fingerprint density at radius 2 is 2.06 bits per heavy atom. The van der Waals surface area contributed by atoms with E-state index in [1.165, 1.54) is 6.20 Å². The van der Waals surface area contributed by atoms with E-state index in [0.717, 1.165) is 16.8 Å². The van der Waals surface area contributed by atoms with Crippen LogP contribution in [0, 0.1) is 13.8 Å². The molecule has 4 nitrogen and oxygen atoms in total. The molecular formula is C12H13ClN4. The van der Waals surface area contributed by atoms with Crippen LogP contribution in [0.3, 0.4) is 0 Å². The van der Waals surface area contributed by atoms with Gasteiger partial charge in [-0.05, 0) is 31.0 Å². The highest BCUT2D eigenvalue weighted by molar-refractivity contribution is 6.32. The van der Waals surface area contributed by atoms with Crippen LogP contribution in [0.25, 0.3) is 0 Å². The van der Waals surface area contributed by atoms with Crippen LogP contribution in [-0.4, -0.2) is 9.97 Å². The molecule has 17 heavy (non-hydrogen) atoms. The molecule has 88 valence electrons. The van der Waals surface area contributed by atoms with Crippen molar-refractivity contribution in [1.29, 1.82) is 0 Å². The van der Waals surface area contributed by atoms with E-state index < -0.39 is 0 Å². The second-order valence-corrected chi connectivity index (χ2v) is 4.28. The molecule has 3 N–H and O–H groups in total. The van der Waals surface area contributed by atoms with Crippen LogP contribution in [0.4, 0.5) is 17.5 Å². The van der Waals surface area contributed by atoms with Crippen molar-refractivity contribution < 1.29 is 0 Å². The molecule has 0 saturated carbocycles. The van der Waals surface area contributed by atoms with Crippen molar-refractivity contribution in [3.8, 4) is 0 Å². The van der Waals surface area contributed by atoms with Crippen molar-refractivity contribution in [1.82, 2.24) is 9.97 Å². The Kier molecular flexibility index (Phi) is 3.15. The number of anilines is 3. The Balaban J connectivity index is 2.37. The third-order valence-corrected chi connectivity index (χ3v) is 2.69. The molecule has 5 heteroatoms. The molecule has 0 spiro atoms. The summed E-state index contributed by atoms with van der Waals surface area (Å²) in [6.07, 6.45) is 1.48. The molecule has 2 aromatic rings. The molecule has 0 saturated heterocycles. The lowest BCUT2D eigenvalue weighted by Gasteiger charge is -2.11. The molecule has 0 bridgehead atoms. The number of aromatic nitrogens is 2. The smallest absolute Gasteiger partial charge is 0.222 e. The molecule has 1 aromatic carbocycles. The van der Waals surface area contributed by atoms with Gasteiger partial charge in [0.25, 0.3) is 0 Å². The number of hydrogen-bond donors (Lipinski definition) is 2. The number of hydrogen-bond acceptors (Lipinski definition) is 4. The van der Waals surface area contributed by atoms with Gasteiger partial charge in [0, 0.05) is 5.69 Å². The zero-order valence-corrected chi connectivity index (χ0v) is 10.4. The van der Waals surface area contributed by atoms with Crippen LogP contribution in [0.2, 0.25) is 5.02 Å². The van der Waals surface area contributed by atoms with Crippen molar-refractivity contribution in [2.45, 2.75) is 13.8 Å². The highest BCUT2D eigenvalue weighted by Gasteiger charge is 2.06. The zero-order valence-electron chi connectivity index (χ0n) is 9.66. The molecule has 0 unspecified atom stereocenters. The molecule has 1 aromatic heterocycles. The molecule has 1 heterocycles. The second kappa shape index (κ2) is 4.59. The summed E-state index contributed by atoms with van der Waals surface area (Å²) in [4.78, 5) is 7.88. The summed E-state index contributed by atoms with van der Waals surface area (Å²) in [6.45, 7) is 4.04. The van der Waals surface area contributed by atoms with Gasteiger partial charge in [0.1, 0.15) is 5.02 Å². The maximum absolute atomic E-state index is 6.00. The molecule has 2 rings (SSSR count). The minimum Gasteiger partial charge on any atom is -0.368 e.